The Morgan fingerprint density at radius 2 is 1.87 bits per heavy atom. The van der Waals surface area contributed by atoms with Crippen LogP contribution in [0, 0.1) is 0 Å². The van der Waals surface area contributed by atoms with Gasteiger partial charge in [0.2, 0.25) is 0 Å². The van der Waals surface area contributed by atoms with Gasteiger partial charge in [0.1, 0.15) is 0 Å². The molecule has 0 spiro atoms. The van der Waals surface area contributed by atoms with Gasteiger partial charge < -0.3 is 10.2 Å². The van der Waals surface area contributed by atoms with E-state index in [9.17, 15) is 4.79 Å². The molecule has 2 heterocycles. The maximum Gasteiger partial charge on any atom is 0.251 e. The van der Waals surface area contributed by atoms with Crippen LogP contribution in [0.5, 0.6) is 0 Å². The number of carbonyl (C=O) groups is 1. The quantitative estimate of drug-likeness (QED) is 0.488. The smallest absolute Gasteiger partial charge is 0.251 e. The average molecular weight is 437 g/mol. The highest BCUT2D eigenvalue weighted by molar-refractivity contribution is 6.30. The van der Waals surface area contributed by atoms with Gasteiger partial charge >= 0.3 is 0 Å². The number of aromatic amines is 1. The zero-order chi connectivity index (χ0) is 21.6. The van der Waals surface area contributed by atoms with Gasteiger partial charge in [0, 0.05) is 35.3 Å². The standard InChI is InChI=1S/C25H29ClN4O/c1-18-5-2-3-15-30(18)16-4-14-27-25(31)21-8-6-19(7-9-21)23-17-24(29-28-23)20-10-12-22(26)13-11-20/h6-13,17-18H,2-5,14-16H2,1H3,(H,27,31)(H,28,29). The van der Waals surface area contributed by atoms with Crippen molar-refractivity contribution in [1.82, 2.24) is 20.4 Å². The summed E-state index contributed by atoms with van der Waals surface area (Å²) in [6, 6.07) is 17.9. The lowest BCUT2D eigenvalue weighted by molar-refractivity contribution is 0.0949. The third kappa shape index (κ3) is 5.54. The van der Waals surface area contributed by atoms with Gasteiger partial charge in [-0.15, -0.1) is 0 Å². The van der Waals surface area contributed by atoms with Crippen molar-refractivity contribution in [3.05, 3.63) is 65.2 Å². The Morgan fingerprint density at radius 3 is 2.61 bits per heavy atom. The fourth-order valence-corrected chi connectivity index (χ4v) is 4.24. The second kappa shape index (κ2) is 10.1. The molecular formula is C25H29ClN4O. The van der Waals surface area contributed by atoms with E-state index in [4.69, 9.17) is 11.6 Å². The lowest BCUT2D eigenvalue weighted by Crippen LogP contribution is -2.39. The van der Waals surface area contributed by atoms with E-state index in [0.717, 1.165) is 35.5 Å². The molecule has 1 amide bonds. The number of nitrogens with zero attached hydrogens (tertiary/aromatic N) is 2. The number of hydrogen-bond donors (Lipinski definition) is 2. The second-order valence-corrected chi connectivity index (χ2v) is 8.68. The number of halogens is 1. The van der Waals surface area contributed by atoms with Crippen molar-refractivity contribution >= 4 is 17.5 Å². The molecule has 1 atom stereocenters. The van der Waals surface area contributed by atoms with Crippen LogP contribution >= 0.6 is 11.6 Å². The monoisotopic (exact) mass is 436 g/mol. The van der Waals surface area contributed by atoms with E-state index in [1.807, 2.05) is 54.6 Å². The van der Waals surface area contributed by atoms with Gasteiger partial charge in [0.05, 0.1) is 11.4 Å². The average Bonchev–Trinajstić information content (AvgIpc) is 3.28. The summed E-state index contributed by atoms with van der Waals surface area (Å²) < 4.78 is 0. The lowest BCUT2D eigenvalue weighted by atomic mass is 10.0. The first-order chi connectivity index (χ1) is 15.1. The molecule has 1 aromatic heterocycles. The Kier molecular flexibility index (Phi) is 7.05. The molecule has 0 saturated carbocycles. The van der Waals surface area contributed by atoms with Crippen molar-refractivity contribution < 1.29 is 4.79 Å². The molecule has 1 aliphatic heterocycles. The Hall–Kier alpha value is -2.63. The van der Waals surface area contributed by atoms with Crippen molar-refractivity contribution in [3.8, 4) is 22.5 Å². The van der Waals surface area contributed by atoms with Crippen LogP contribution in [0.1, 0.15) is 43.0 Å². The first kappa shape index (κ1) is 21.6. The van der Waals surface area contributed by atoms with Crippen LogP contribution in [0.2, 0.25) is 5.02 Å². The molecule has 31 heavy (non-hydrogen) atoms. The highest BCUT2D eigenvalue weighted by Gasteiger charge is 2.17. The maximum absolute atomic E-state index is 12.5. The third-order valence-electron chi connectivity index (χ3n) is 6.02. The SMILES string of the molecule is CC1CCCCN1CCCNC(=O)c1ccc(-c2cc(-c3ccc(Cl)cc3)[nH]n2)cc1. The van der Waals surface area contributed by atoms with E-state index in [0.29, 0.717) is 23.2 Å². The van der Waals surface area contributed by atoms with Gasteiger partial charge in [-0.25, -0.2) is 0 Å². The molecule has 162 valence electrons. The minimum atomic E-state index is -0.0258. The Labute approximate surface area is 188 Å². The zero-order valence-electron chi connectivity index (χ0n) is 17.9. The predicted octanol–water partition coefficient (Wildman–Crippen LogP) is 5.39. The van der Waals surface area contributed by atoms with Crippen molar-refractivity contribution in [2.45, 2.75) is 38.6 Å². The summed E-state index contributed by atoms with van der Waals surface area (Å²) >= 11 is 5.96. The molecule has 1 unspecified atom stereocenters. The number of likely N-dealkylation sites (tertiary alicyclic amines) is 1. The van der Waals surface area contributed by atoms with Crippen molar-refractivity contribution in [1.29, 1.82) is 0 Å². The van der Waals surface area contributed by atoms with Crippen molar-refractivity contribution in [2.75, 3.05) is 19.6 Å². The van der Waals surface area contributed by atoms with Gasteiger partial charge in [-0.1, -0.05) is 42.3 Å². The summed E-state index contributed by atoms with van der Waals surface area (Å²) in [5.41, 5.74) is 4.43. The summed E-state index contributed by atoms with van der Waals surface area (Å²) in [7, 11) is 0. The molecule has 0 bridgehead atoms. The Morgan fingerprint density at radius 1 is 1.13 bits per heavy atom. The molecule has 1 aliphatic rings. The van der Waals surface area contributed by atoms with Crippen LogP contribution in [0.4, 0.5) is 0 Å². The van der Waals surface area contributed by atoms with Crippen LogP contribution in [-0.2, 0) is 0 Å². The minimum Gasteiger partial charge on any atom is -0.352 e. The van der Waals surface area contributed by atoms with Gasteiger partial charge in [-0.2, -0.15) is 5.10 Å². The fourth-order valence-electron chi connectivity index (χ4n) is 4.12. The number of amides is 1. The molecule has 0 radical (unpaired) electrons. The van der Waals surface area contributed by atoms with Crippen LogP contribution < -0.4 is 5.32 Å². The summed E-state index contributed by atoms with van der Waals surface area (Å²) in [5.74, 6) is -0.0258. The van der Waals surface area contributed by atoms with Gasteiger partial charge in [0.25, 0.3) is 5.91 Å². The summed E-state index contributed by atoms with van der Waals surface area (Å²) in [6.07, 6.45) is 4.90. The van der Waals surface area contributed by atoms with Crippen molar-refractivity contribution in [3.63, 3.8) is 0 Å². The molecule has 2 N–H and O–H groups in total. The highest BCUT2D eigenvalue weighted by atomic mass is 35.5. The predicted molar refractivity (Wildman–Crippen MR) is 126 cm³/mol. The first-order valence-corrected chi connectivity index (χ1v) is 11.4. The molecule has 4 rings (SSSR count). The van der Waals surface area contributed by atoms with E-state index < -0.39 is 0 Å². The van der Waals surface area contributed by atoms with E-state index in [-0.39, 0.29) is 5.91 Å². The first-order valence-electron chi connectivity index (χ1n) is 11.0. The number of H-pyrrole nitrogens is 1. The van der Waals surface area contributed by atoms with Crippen molar-refractivity contribution in [2.24, 2.45) is 0 Å². The topological polar surface area (TPSA) is 61.0 Å². The third-order valence-corrected chi connectivity index (χ3v) is 6.28. The minimum absolute atomic E-state index is 0.0258. The summed E-state index contributed by atoms with van der Waals surface area (Å²) in [5, 5.41) is 11.2. The van der Waals surface area contributed by atoms with Crippen LogP contribution in [0.25, 0.3) is 22.5 Å². The normalized spacial score (nSPS) is 16.9. The molecule has 1 saturated heterocycles. The number of benzene rings is 2. The molecule has 1 fully saturated rings. The molecule has 5 nitrogen and oxygen atoms in total. The maximum atomic E-state index is 12.5. The van der Waals surface area contributed by atoms with E-state index in [1.54, 1.807) is 0 Å². The molecule has 3 aromatic rings. The van der Waals surface area contributed by atoms with E-state index >= 15 is 0 Å². The van der Waals surface area contributed by atoms with E-state index in [2.05, 4.69) is 27.3 Å². The molecule has 2 aromatic carbocycles. The number of carbonyl (C=O) groups excluding carboxylic acids is 1. The van der Waals surface area contributed by atoms with Crippen LogP contribution in [0.3, 0.4) is 0 Å². The zero-order valence-corrected chi connectivity index (χ0v) is 18.7. The second-order valence-electron chi connectivity index (χ2n) is 8.24. The van der Waals surface area contributed by atoms with Crippen LogP contribution in [0.15, 0.2) is 54.6 Å². The van der Waals surface area contributed by atoms with Gasteiger partial charge in [0.15, 0.2) is 0 Å². The summed E-state index contributed by atoms with van der Waals surface area (Å²) in [6.45, 7) is 5.24. The number of piperidine rings is 1. The van der Waals surface area contributed by atoms with Crippen LogP contribution in [-0.4, -0.2) is 46.7 Å². The number of aromatic nitrogens is 2. The number of hydrogen-bond acceptors (Lipinski definition) is 3. The molecular weight excluding hydrogens is 408 g/mol. The number of nitrogens with one attached hydrogen (secondary N) is 2. The highest BCUT2D eigenvalue weighted by Crippen LogP contribution is 2.25. The Bertz CT molecular complexity index is 997. The molecule has 6 heteroatoms. The fraction of sp³-hybridized carbons (Fsp3) is 0.360. The van der Waals surface area contributed by atoms with Gasteiger partial charge in [-0.05, 0) is 68.6 Å². The molecule has 0 aliphatic carbocycles. The number of rotatable bonds is 7. The Balaban J connectivity index is 1.29. The van der Waals surface area contributed by atoms with Gasteiger partial charge in [-0.3, -0.25) is 9.89 Å². The largest absolute Gasteiger partial charge is 0.352 e. The van der Waals surface area contributed by atoms with E-state index in [1.165, 1.54) is 25.8 Å². The summed E-state index contributed by atoms with van der Waals surface area (Å²) in [4.78, 5) is 15.0. The lowest BCUT2D eigenvalue weighted by Gasteiger charge is -2.33.